The fourth-order valence-electron chi connectivity index (χ4n) is 4.70. The van der Waals surface area contributed by atoms with Gasteiger partial charge in [0, 0.05) is 32.2 Å². The maximum Gasteiger partial charge on any atom is 0.332 e. The number of carbonyl (C=O) groups excluding carboxylic acids is 1. The van der Waals surface area contributed by atoms with Gasteiger partial charge in [-0.15, -0.1) is 0 Å². The lowest BCUT2D eigenvalue weighted by atomic mass is 10.1. The van der Waals surface area contributed by atoms with Gasteiger partial charge >= 0.3 is 5.69 Å². The number of hydrogen-bond donors (Lipinski definition) is 0. The minimum atomic E-state index is -0.541. The number of carbonyl (C=O) groups is 1. The van der Waals surface area contributed by atoms with E-state index in [0.717, 1.165) is 24.1 Å². The van der Waals surface area contributed by atoms with Gasteiger partial charge in [0.2, 0.25) is 5.95 Å². The molecule has 8 nitrogen and oxygen atoms in total. The third-order valence-corrected chi connectivity index (χ3v) is 6.43. The van der Waals surface area contributed by atoms with Crippen LogP contribution in [-0.4, -0.2) is 37.6 Å². The van der Waals surface area contributed by atoms with Crippen molar-refractivity contribution in [2.75, 3.05) is 18.0 Å². The molecule has 0 spiro atoms. The maximum atomic E-state index is 13.5. The molecular weight excluding hydrogens is 430 g/mol. The van der Waals surface area contributed by atoms with Crippen molar-refractivity contribution in [3.05, 3.63) is 92.6 Å². The second-order valence-electron chi connectivity index (χ2n) is 9.00. The second-order valence-corrected chi connectivity index (χ2v) is 9.00. The molecule has 0 radical (unpaired) electrons. The molecule has 0 amide bonds. The fraction of sp³-hybridized carbons (Fsp3) is 0.308. The van der Waals surface area contributed by atoms with Crippen LogP contribution in [0.3, 0.4) is 0 Å². The standard InChI is InChI=1S/C26H27N5O3/c1-18-15-29(14-13-19-9-5-3-6-10-19)25-27-23-22(30(25)16-18)24(33)31(26(34)28(23)2)17-21(32)20-11-7-4-8-12-20/h3-12,18H,13-17H2,1-2H3/t18-/m1/s1. The summed E-state index contributed by atoms with van der Waals surface area (Å²) in [6, 6.07) is 19.0. The molecule has 0 N–H and O–H groups in total. The molecule has 5 rings (SSSR count). The predicted octanol–water partition coefficient (Wildman–Crippen LogP) is 2.48. The van der Waals surface area contributed by atoms with Crippen LogP contribution in [0.15, 0.2) is 70.3 Å². The van der Waals surface area contributed by atoms with Gasteiger partial charge in [0.25, 0.3) is 5.56 Å². The molecule has 2 aromatic carbocycles. The van der Waals surface area contributed by atoms with E-state index in [1.807, 2.05) is 28.8 Å². The van der Waals surface area contributed by atoms with Gasteiger partial charge in [-0.1, -0.05) is 67.6 Å². The number of imidazole rings is 1. The summed E-state index contributed by atoms with van der Waals surface area (Å²) in [6.07, 6.45) is 0.853. The second kappa shape index (κ2) is 8.78. The lowest BCUT2D eigenvalue weighted by Gasteiger charge is -2.33. The summed E-state index contributed by atoms with van der Waals surface area (Å²) in [4.78, 5) is 46.3. The van der Waals surface area contributed by atoms with Crippen LogP contribution < -0.4 is 16.1 Å². The highest BCUT2D eigenvalue weighted by Crippen LogP contribution is 2.27. The molecule has 1 atom stereocenters. The number of aryl methyl sites for hydroxylation is 1. The van der Waals surface area contributed by atoms with Gasteiger partial charge in [-0.05, 0) is 17.9 Å². The molecule has 0 unspecified atom stereocenters. The van der Waals surface area contributed by atoms with Crippen molar-refractivity contribution >= 4 is 22.9 Å². The quantitative estimate of drug-likeness (QED) is 0.416. The van der Waals surface area contributed by atoms with E-state index in [1.54, 1.807) is 31.3 Å². The van der Waals surface area contributed by atoms with E-state index in [2.05, 4.69) is 24.0 Å². The molecule has 34 heavy (non-hydrogen) atoms. The number of nitrogens with zero attached hydrogens (tertiary/aromatic N) is 5. The summed E-state index contributed by atoms with van der Waals surface area (Å²) in [5, 5.41) is 0. The van der Waals surface area contributed by atoms with E-state index in [1.165, 1.54) is 10.1 Å². The number of hydrogen-bond acceptors (Lipinski definition) is 5. The third-order valence-electron chi connectivity index (χ3n) is 6.43. The van der Waals surface area contributed by atoms with E-state index in [-0.39, 0.29) is 12.3 Å². The number of ketones is 1. The van der Waals surface area contributed by atoms with Crippen molar-refractivity contribution in [2.45, 2.75) is 26.4 Å². The monoisotopic (exact) mass is 457 g/mol. The Morgan fingerprint density at radius 3 is 2.38 bits per heavy atom. The summed E-state index contributed by atoms with van der Waals surface area (Å²) in [6.45, 7) is 4.05. The van der Waals surface area contributed by atoms with Gasteiger partial charge in [-0.2, -0.15) is 4.98 Å². The van der Waals surface area contributed by atoms with Crippen molar-refractivity contribution in [1.29, 1.82) is 0 Å². The van der Waals surface area contributed by atoms with E-state index in [9.17, 15) is 14.4 Å². The van der Waals surface area contributed by atoms with Gasteiger partial charge < -0.3 is 9.47 Å². The molecule has 0 saturated heterocycles. The van der Waals surface area contributed by atoms with Crippen molar-refractivity contribution < 1.29 is 4.79 Å². The van der Waals surface area contributed by atoms with Crippen molar-refractivity contribution in [1.82, 2.24) is 18.7 Å². The van der Waals surface area contributed by atoms with Crippen molar-refractivity contribution in [2.24, 2.45) is 13.0 Å². The molecule has 8 heteroatoms. The highest BCUT2D eigenvalue weighted by molar-refractivity contribution is 5.95. The first-order valence-corrected chi connectivity index (χ1v) is 11.5. The van der Waals surface area contributed by atoms with Crippen LogP contribution in [0.25, 0.3) is 11.2 Å². The van der Waals surface area contributed by atoms with Crippen molar-refractivity contribution in [3.8, 4) is 0 Å². The molecule has 0 bridgehead atoms. The topological polar surface area (TPSA) is 82.1 Å². The molecule has 2 aromatic heterocycles. The van der Waals surface area contributed by atoms with E-state index in [0.29, 0.717) is 35.1 Å². The Balaban J connectivity index is 1.56. The Morgan fingerprint density at radius 2 is 1.68 bits per heavy atom. The zero-order chi connectivity index (χ0) is 23.8. The van der Waals surface area contributed by atoms with Crippen LogP contribution in [0.4, 0.5) is 5.95 Å². The zero-order valence-electron chi connectivity index (χ0n) is 19.3. The minimum absolute atomic E-state index is 0.282. The average Bonchev–Trinajstić information content (AvgIpc) is 3.24. The summed E-state index contributed by atoms with van der Waals surface area (Å²) >= 11 is 0. The normalized spacial score (nSPS) is 15.5. The fourth-order valence-corrected chi connectivity index (χ4v) is 4.70. The average molecular weight is 458 g/mol. The first-order valence-electron chi connectivity index (χ1n) is 11.5. The molecule has 0 fully saturated rings. The lowest BCUT2D eigenvalue weighted by molar-refractivity contribution is 0.0969. The first-order chi connectivity index (χ1) is 16.4. The number of Topliss-reactive ketones (excluding diaryl/α,β-unsaturated/α-hetero) is 1. The molecule has 0 aliphatic carbocycles. The van der Waals surface area contributed by atoms with Crippen molar-refractivity contribution in [3.63, 3.8) is 0 Å². The molecule has 0 saturated carbocycles. The largest absolute Gasteiger partial charge is 0.342 e. The number of aromatic nitrogens is 4. The molecule has 3 heterocycles. The smallest absolute Gasteiger partial charge is 0.332 e. The maximum absolute atomic E-state index is 13.5. The SMILES string of the molecule is C[C@@H]1CN(CCc2ccccc2)c2nc3c(c(=O)n(CC(=O)c4ccccc4)c(=O)n3C)n2C1. The number of rotatable bonds is 6. The van der Waals surface area contributed by atoms with Crippen LogP contribution >= 0.6 is 0 Å². The number of anilines is 1. The Kier molecular flexibility index (Phi) is 5.65. The Hall–Kier alpha value is -3.94. The van der Waals surface area contributed by atoms with Crippen LogP contribution in [0, 0.1) is 5.92 Å². The van der Waals surface area contributed by atoms with Crippen LogP contribution in [0.5, 0.6) is 0 Å². The van der Waals surface area contributed by atoms with Crippen LogP contribution in [0.2, 0.25) is 0 Å². The first kappa shape index (κ1) is 21.9. The Bertz CT molecular complexity index is 1470. The van der Waals surface area contributed by atoms with Gasteiger partial charge in [0.05, 0.1) is 6.54 Å². The number of benzene rings is 2. The Labute approximate surface area is 196 Å². The molecule has 1 aliphatic rings. The lowest BCUT2D eigenvalue weighted by Crippen LogP contribution is -2.42. The van der Waals surface area contributed by atoms with Crippen LogP contribution in [-0.2, 0) is 26.6 Å². The predicted molar refractivity (Wildman–Crippen MR) is 132 cm³/mol. The summed E-state index contributed by atoms with van der Waals surface area (Å²) in [5.41, 5.74) is 1.41. The minimum Gasteiger partial charge on any atom is -0.342 e. The highest BCUT2D eigenvalue weighted by atomic mass is 16.2. The van der Waals surface area contributed by atoms with E-state index in [4.69, 9.17) is 4.98 Å². The molecule has 4 aromatic rings. The van der Waals surface area contributed by atoms with Gasteiger partial charge in [0.1, 0.15) is 0 Å². The molecule has 1 aliphatic heterocycles. The zero-order valence-corrected chi connectivity index (χ0v) is 19.3. The van der Waals surface area contributed by atoms with Crippen LogP contribution in [0.1, 0.15) is 22.8 Å². The summed E-state index contributed by atoms with van der Waals surface area (Å²) < 4.78 is 4.32. The third kappa shape index (κ3) is 3.85. The Morgan fingerprint density at radius 1 is 1.00 bits per heavy atom. The van der Waals surface area contributed by atoms with E-state index < -0.39 is 11.2 Å². The van der Waals surface area contributed by atoms with Gasteiger partial charge in [-0.25, -0.2) is 4.79 Å². The summed E-state index contributed by atoms with van der Waals surface area (Å²) in [7, 11) is 1.60. The van der Waals surface area contributed by atoms with Gasteiger partial charge in [0.15, 0.2) is 16.9 Å². The molecular formula is C26H27N5O3. The number of fused-ring (bicyclic) bond motifs is 3. The highest BCUT2D eigenvalue weighted by Gasteiger charge is 2.29. The molecule has 174 valence electrons. The van der Waals surface area contributed by atoms with E-state index >= 15 is 0 Å². The summed E-state index contributed by atoms with van der Waals surface area (Å²) in [5.74, 6) is 0.718. The van der Waals surface area contributed by atoms with Gasteiger partial charge in [-0.3, -0.25) is 18.7 Å².